The molecule has 4 rings (SSSR count). The largest absolute Gasteiger partial charge is 0.353 e. The van der Waals surface area contributed by atoms with Crippen molar-refractivity contribution in [3.63, 3.8) is 0 Å². The van der Waals surface area contributed by atoms with Crippen LogP contribution in [0.1, 0.15) is 17.8 Å². The predicted molar refractivity (Wildman–Crippen MR) is 108 cm³/mol. The number of carbonyl (C=O) groups is 1. The van der Waals surface area contributed by atoms with Gasteiger partial charge in [-0.25, -0.2) is 9.97 Å². The molecule has 0 aliphatic carbocycles. The number of aromatic nitrogens is 3. The van der Waals surface area contributed by atoms with Crippen LogP contribution >= 0.6 is 0 Å². The molecule has 1 fully saturated rings. The summed E-state index contributed by atoms with van der Waals surface area (Å²) in [5.74, 6) is 1.64. The van der Waals surface area contributed by atoms with Gasteiger partial charge < -0.3 is 14.8 Å². The van der Waals surface area contributed by atoms with Crippen LogP contribution in [-0.4, -0.2) is 51.9 Å². The van der Waals surface area contributed by atoms with E-state index in [-0.39, 0.29) is 11.5 Å². The summed E-state index contributed by atoms with van der Waals surface area (Å²) in [5, 5.41) is 0.568. The highest BCUT2D eigenvalue weighted by Crippen LogP contribution is 2.18. The summed E-state index contributed by atoms with van der Waals surface area (Å²) in [5.41, 5.74) is 1.65. The number of hydrogen-bond donors (Lipinski definition) is 1. The summed E-state index contributed by atoms with van der Waals surface area (Å²) in [4.78, 5) is 40.6. The van der Waals surface area contributed by atoms with E-state index in [4.69, 9.17) is 0 Å². The van der Waals surface area contributed by atoms with Crippen molar-refractivity contribution in [3.8, 4) is 0 Å². The van der Waals surface area contributed by atoms with Crippen LogP contribution in [0.2, 0.25) is 0 Å². The molecule has 1 aliphatic rings. The molecule has 3 heterocycles. The SMILES string of the molecule is Cc1cccnc1N1CCN(C(=O)CCc2nc3ccccc3c(=O)[nH]2)CC1. The number of rotatable bonds is 4. The normalized spacial score (nSPS) is 14.5. The van der Waals surface area contributed by atoms with Crippen LogP contribution in [0.4, 0.5) is 5.82 Å². The molecule has 0 unspecified atom stereocenters. The summed E-state index contributed by atoms with van der Waals surface area (Å²) in [7, 11) is 0. The highest BCUT2D eigenvalue weighted by molar-refractivity contribution is 5.78. The molecule has 7 nitrogen and oxygen atoms in total. The smallest absolute Gasteiger partial charge is 0.258 e. The average Bonchev–Trinajstić information content (AvgIpc) is 2.73. The van der Waals surface area contributed by atoms with Gasteiger partial charge in [-0.05, 0) is 30.7 Å². The number of anilines is 1. The molecule has 1 saturated heterocycles. The van der Waals surface area contributed by atoms with Gasteiger partial charge >= 0.3 is 0 Å². The number of carbonyl (C=O) groups excluding carboxylic acids is 1. The lowest BCUT2D eigenvalue weighted by atomic mass is 10.2. The standard InChI is InChI=1S/C21H23N5O2/c1-15-5-4-10-22-20(15)26-13-11-25(12-14-26)19(27)9-8-18-23-17-7-3-2-6-16(17)21(28)24-18/h2-7,10H,8-9,11-14H2,1H3,(H,23,24,28). The van der Waals surface area contributed by atoms with Crippen LogP contribution < -0.4 is 10.5 Å². The fraction of sp³-hybridized carbons (Fsp3) is 0.333. The first-order chi connectivity index (χ1) is 13.6. The Morgan fingerprint density at radius 2 is 1.89 bits per heavy atom. The Balaban J connectivity index is 1.35. The number of benzene rings is 1. The molecule has 0 spiro atoms. The first-order valence-electron chi connectivity index (χ1n) is 9.54. The number of fused-ring (bicyclic) bond motifs is 1. The first kappa shape index (κ1) is 18.2. The van der Waals surface area contributed by atoms with Crippen LogP contribution in [0.15, 0.2) is 47.4 Å². The Hall–Kier alpha value is -3.22. The van der Waals surface area contributed by atoms with Crippen molar-refractivity contribution in [3.05, 3.63) is 64.3 Å². The van der Waals surface area contributed by atoms with Crippen molar-refractivity contribution in [1.29, 1.82) is 0 Å². The zero-order valence-electron chi connectivity index (χ0n) is 15.9. The van der Waals surface area contributed by atoms with Crippen molar-refractivity contribution in [1.82, 2.24) is 19.9 Å². The number of amides is 1. The number of nitrogens with one attached hydrogen (secondary N) is 1. The number of aryl methyl sites for hydroxylation is 2. The number of H-pyrrole nitrogens is 1. The number of para-hydroxylation sites is 1. The van der Waals surface area contributed by atoms with E-state index in [0.29, 0.717) is 42.7 Å². The molecule has 1 N–H and O–H groups in total. The van der Waals surface area contributed by atoms with E-state index in [1.807, 2.05) is 29.2 Å². The average molecular weight is 377 g/mol. The molecule has 1 aliphatic heterocycles. The van der Waals surface area contributed by atoms with E-state index in [1.165, 1.54) is 0 Å². The minimum Gasteiger partial charge on any atom is -0.353 e. The monoisotopic (exact) mass is 377 g/mol. The minimum absolute atomic E-state index is 0.0909. The number of nitrogens with zero attached hydrogens (tertiary/aromatic N) is 4. The van der Waals surface area contributed by atoms with Crippen molar-refractivity contribution < 1.29 is 4.79 Å². The molecule has 0 atom stereocenters. The van der Waals surface area contributed by atoms with E-state index in [9.17, 15) is 9.59 Å². The second-order valence-corrected chi connectivity index (χ2v) is 7.04. The Kier molecular flexibility index (Phi) is 5.06. The zero-order chi connectivity index (χ0) is 19.5. The number of aromatic amines is 1. The van der Waals surface area contributed by atoms with Crippen LogP contribution in [0.3, 0.4) is 0 Å². The molecule has 144 valence electrons. The summed E-state index contributed by atoms with van der Waals surface area (Å²) in [6.45, 7) is 4.95. The number of hydrogen-bond acceptors (Lipinski definition) is 5. The molecule has 0 bridgehead atoms. The Labute approximate surface area is 163 Å². The lowest BCUT2D eigenvalue weighted by Gasteiger charge is -2.36. The van der Waals surface area contributed by atoms with Crippen molar-refractivity contribution >= 4 is 22.6 Å². The Bertz CT molecular complexity index is 1050. The molecule has 0 radical (unpaired) electrons. The van der Waals surface area contributed by atoms with E-state index in [0.717, 1.165) is 24.5 Å². The summed E-state index contributed by atoms with van der Waals surface area (Å²) in [6, 6.07) is 11.2. The molecule has 0 saturated carbocycles. The third kappa shape index (κ3) is 3.74. The fourth-order valence-electron chi connectivity index (χ4n) is 3.61. The predicted octanol–water partition coefficient (Wildman–Crippen LogP) is 1.91. The highest BCUT2D eigenvalue weighted by atomic mass is 16.2. The first-order valence-corrected chi connectivity index (χ1v) is 9.54. The van der Waals surface area contributed by atoms with E-state index >= 15 is 0 Å². The van der Waals surface area contributed by atoms with E-state index in [1.54, 1.807) is 12.3 Å². The molecule has 7 heteroatoms. The molecule has 28 heavy (non-hydrogen) atoms. The summed E-state index contributed by atoms with van der Waals surface area (Å²) < 4.78 is 0. The Morgan fingerprint density at radius 1 is 1.11 bits per heavy atom. The van der Waals surface area contributed by atoms with Crippen LogP contribution in [0.25, 0.3) is 10.9 Å². The minimum atomic E-state index is -0.160. The topological polar surface area (TPSA) is 82.2 Å². The highest BCUT2D eigenvalue weighted by Gasteiger charge is 2.22. The number of pyridine rings is 1. The molecule has 2 aromatic heterocycles. The van der Waals surface area contributed by atoms with Crippen molar-refractivity contribution in [2.24, 2.45) is 0 Å². The van der Waals surface area contributed by atoms with Gasteiger partial charge in [0.15, 0.2) is 0 Å². The van der Waals surface area contributed by atoms with E-state index < -0.39 is 0 Å². The molecular formula is C21H23N5O2. The van der Waals surface area contributed by atoms with Gasteiger partial charge in [-0.1, -0.05) is 18.2 Å². The number of piperazine rings is 1. The van der Waals surface area contributed by atoms with Crippen LogP contribution in [-0.2, 0) is 11.2 Å². The van der Waals surface area contributed by atoms with Gasteiger partial charge in [-0.3, -0.25) is 9.59 Å². The van der Waals surface area contributed by atoms with Gasteiger partial charge in [0, 0.05) is 45.2 Å². The third-order valence-electron chi connectivity index (χ3n) is 5.15. The summed E-state index contributed by atoms with van der Waals surface area (Å²) in [6.07, 6.45) is 2.57. The molecule has 1 aromatic carbocycles. The third-order valence-corrected chi connectivity index (χ3v) is 5.15. The van der Waals surface area contributed by atoms with Crippen LogP contribution in [0, 0.1) is 6.92 Å². The lowest BCUT2D eigenvalue weighted by Crippen LogP contribution is -2.49. The zero-order valence-corrected chi connectivity index (χ0v) is 15.9. The second-order valence-electron chi connectivity index (χ2n) is 7.04. The fourth-order valence-corrected chi connectivity index (χ4v) is 3.61. The summed E-state index contributed by atoms with van der Waals surface area (Å²) >= 11 is 0. The van der Waals surface area contributed by atoms with E-state index in [2.05, 4.69) is 32.8 Å². The lowest BCUT2D eigenvalue weighted by molar-refractivity contribution is -0.131. The Morgan fingerprint density at radius 3 is 2.68 bits per heavy atom. The van der Waals surface area contributed by atoms with Gasteiger partial charge in [-0.15, -0.1) is 0 Å². The van der Waals surface area contributed by atoms with Crippen LogP contribution in [0.5, 0.6) is 0 Å². The molecular weight excluding hydrogens is 354 g/mol. The van der Waals surface area contributed by atoms with Gasteiger partial charge in [-0.2, -0.15) is 0 Å². The second kappa shape index (κ2) is 7.80. The maximum atomic E-state index is 12.6. The molecule has 3 aromatic rings. The maximum Gasteiger partial charge on any atom is 0.258 e. The molecule has 1 amide bonds. The quantitative estimate of drug-likeness (QED) is 0.751. The van der Waals surface area contributed by atoms with Gasteiger partial charge in [0.05, 0.1) is 10.9 Å². The van der Waals surface area contributed by atoms with Crippen molar-refractivity contribution in [2.75, 3.05) is 31.1 Å². The maximum absolute atomic E-state index is 12.6. The van der Waals surface area contributed by atoms with Gasteiger partial charge in [0.25, 0.3) is 5.56 Å². The van der Waals surface area contributed by atoms with Gasteiger partial charge in [0.2, 0.25) is 5.91 Å². The van der Waals surface area contributed by atoms with Crippen molar-refractivity contribution in [2.45, 2.75) is 19.8 Å². The van der Waals surface area contributed by atoms with Gasteiger partial charge in [0.1, 0.15) is 11.6 Å².